The summed E-state index contributed by atoms with van der Waals surface area (Å²) in [4.78, 5) is 23.4. The molecular formula is C22H21N3O4. The zero-order valence-electron chi connectivity index (χ0n) is 15.6. The van der Waals surface area contributed by atoms with Gasteiger partial charge in [-0.05, 0) is 41.5 Å². The number of carbonyl (C=O) groups excluding carboxylic acids is 2. The van der Waals surface area contributed by atoms with E-state index in [2.05, 4.69) is 5.32 Å². The molecule has 0 aliphatic heterocycles. The first kappa shape index (κ1) is 19.9. The van der Waals surface area contributed by atoms with Gasteiger partial charge in [0.05, 0.1) is 6.54 Å². The van der Waals surface area contributed by atoms with Crippen LogP contribution in [-0.2, 0) is 0 Å². The first-order valence-electron chi connectivity index (χ1n) is 9.01. The van der Waals surface area contributed by atoms with Crippen LogP contribution in [0.2, 0.25) is 0 Å². The van der Waals surface area contributed by atoms with Crippen molar-refractivity contribution in [2.24, 2.45) is 5.73 Å². The van der Waals surface area contributed by atoms with E-state index in [1.54, 1.807) is 12.1 Å². The van der Waals surface area contributed by atoms with Gasteiger partial charge < -0.3 is 15.8 Å². The maximum atomic E-state index is 12.6. The molecule has 0 radical (unpaired) electrons. The van der Waals surface area contributed by atoms with Crippen molar-refractivity contribution in [3.63, 3.8) is 0 Å². The Labute approximate surface area is 168 Å². The van der Waals surface area contributed by atoms with Crippen LogP contribution in [0.3, 0.4) is 0 Å². The highest BCUT2D eigenvalue weighted by atomic mass is 16.5. The van der Waals surface area contributed by atoms with Crippen molar-refractivity contribution < 1.29 is 19.5 Å². The summed E-state index contributed by atoms with van der Waals surface area (Å²) in [5, 5.41) is 12.3. The lowest BCUT2D eigenvalue weighted by Gasteiger charge is -2.14. The Morgan fingerprint density at radius 3 is 2.38 bits per heavy atom. The highest BCUT2D eigenvalue weighted by Gasteiger charge is 2.13. The first-order valence-corrected chi connectivity index (χ1v) is 9.01. The van der Waals surface area contributed by atoms with Gasteiger partial charge in [0.25, 0.3) is 5.91 Å². The van der Waals surface area contributed by atoms with E-state index >= 15 is 0 Å². The zero-order chi connectivity index (χ0) is 20.6. The van der Waals surface area contributed by atoms with Crippen LogP contribution >= 0.6 is 0 Å². The summed E-state index contributed by atoms with van der Waals surface area (Å²) in [7, 11) is 0. The molecule has 7 nitrogen and oxygen atoms in total. The fraction of sp³-hybridized carbons (Fsp3) is 0.0909. The molecule has 0 heterocycles. The molecule has 0 aromatic heterocycles. The number of hydrogen-bond donors (Lipinski definition) is 3. The minimum atomic E-state index is -0.977. The SMILES string of the molecule is NC(=O)N(O)CCNC(=O)c1ccccc1-c1cccc(Oc2ccccc2)c1. The second kappa shape index (κ2) is 9.38. The molecule has 0 atom stereocenters. The molecule has 0 aliphatic carbocycles. The van der Waals surface area contributed by atoms with E-state index in [4.69, 9.17) is 10.5 Å². The zero-order valence-corrected chi connectivity index (χ0v) is 15.6. The topological polar surface area (TPSA) is 105 Å². The van der Waals surface area contributed by atoms with Gasteiger partial charge in [-0.1, -0.05) is 48.5 Å². The Kier molecular flexibility index (Phi) is 6.44. The van der Waals surface area contributed by atoms with Crippen LogP contribution in [-0.4, -0.2) is 35.3 Å². The van der Waals surface area contributed by atoms with E-state index < -0.39 is 6.03 Å². The molecule has 3 rings (SSSR count). The molecule has 3 amide bonds. The minimum absolute atomic E-state index is 0.0593. The number of nitrogens with one attached hydrogen (secondary N) is 1. The number of rotatable bonds is 7. The number of benzene rings is 3. The van der Waals surface area contributed by atoms with Crippen molar-refractivity contribution in [3.05, 3.63) is 84.4 Å². The van der Waals surface area contributed by atoms with Gasteiger partial charge in [0.1, 0.15) is 11.5 Å². The summed E-state index contributed by atoms with van der Waals surface area (Å²) in [6, 6.07) is 23.1. The fourth-order valence-corrected chi connectivity index (χ4v) is 2.77. The van der Waals surface area contributed by atoms with E-state index in [1.807, 2.05) is 66.7 Å². The van der Waals surface area contributed by atoms with Crippen LogP contribution in [0.15, 0.2) is 78.9 Å². The van der Waals surface area contributed by atoms with E-state index in [1.165, 1.54) is 0 Å². The summed E-state index contributed by atoms with van der Waals surface area (Å²) in [6.07, 6.45) is 0. The number of urea groups is 1. The second-order valence-electron chi connectivity index (χ2n) is 6.21. The number of nitrogens with zero attached hydrogens (tertiary/aromatic N) is 1. The lowest BCUT2D eigenvalue weighted by Crippen LogP contribution is -2.39. The average molecular weight is 391 g/mol. The molecule has 0 spiro atoms. The van der Waals surface area contributed by atoms with Crippen molar-refractivity contribution in [1.82, 2.24) is 10.4 Å². The monoisotopic (exact) mass is 391 g/mol. The number of amides is 3. The molecule has 3 aromatic carbocycles. The number of primary amides is 1. The van der Waals surface area contributed by atoms with E-state index in [9.17, 15) is 14.8 Å². The highest BCUT2D eigenvalue weighted by molar-refractivity contribution is 6.01. The first-order chi connectivity index (χ1) is 14.0. The molecule has 0 bridgehead atoms. The summed E-state index contributed by atoms with van der Waals surface area (Å²) >= 11 is 0. The van der Waals surface area contributed by atoms with Crippen LogP contribution in [0.1, 0.15) is 10.4 Å². The van der Waals surface area contributed by atoms with E-state index in [0.29, 0.717) is 16.4 Å². The third-order valence-electron chi connectivity index (χ3n) is 4.16. The van der Waals surface area contributed by atoms with Gasteiger partial charge in [0.15, 0.2) is 0 Å². The largest absolute Gasteiger partial charge is 0.457 e. The van der Waals surface area contributed by atoms with Gasteiger partial charge in [-0.3, -0.25) is 10.0 Å². The number of nitrogens with two attached hydrogens (primary N) is 1. The van der Waals surface area contributed by atoms with Crippen molar-refractivity contribution in [1.29, 1.82) is 0 Å². The quantitative estimate of drug-likeness (QED) is 0.422. The van der Waals surface area contributed by atoms with Crippen LogP contribution in [0.25, 0.3) is 11.1 Å². The summed E-state index contributed by atoms with van der Waals surface area (Å²) < 4.78 is 5.88. The maximum Gasteiger partial charge on any atom is 0.338 e. The van der Waals surface area contributed by atoms with E-state index in [0.717, 1.165) is 16.9 Å². The molecule has 148 valence electrons. The lowest BCUT2D eigenvalue weighted by molar-refractivity contribution is -0.0376. The third kappa shape index (κ3) is 5.33. The average Bonchev–Trinajstić information content (AvgIpc) is 2.74. The maximum absolute atomic E-state index is 12.6. The predicted molar refractivity (Wildman–Crippen MR) is 109 cm³/mol. The van der Waals surface area contributed by atoms with Crippen LogP contribution in [0.5, 0.6) is 11.5 Å². The van der Waals surface area contributed by atoms with Crippen molar-refractivity contribution in [2.75, 3.05) is 13.1 Å². The Bertz CT molecular complexity index is 992. The number of hydrogen-bond acceptors (Lipinski definition) is 4. The van der Waals surface area contributed by atoms with Gasteiger partial charge in [-0.15, -0.1) is 0 Å². The molecule has 4 N–H and O–H groups in total. The normalized spacial score (nSPS) is 10.2. The number of carbonyl (C=O) groups is 2. The van der Waals surface area contributed by atoms with Gasteiger partial charge in [-0.25, -0.2) is 9.86 Å². The Morgan fingerprint density at radius 2 is 1.62 bits per heavy atom. The van der Waals surface area contributed by atoms with E-state index in [-0.39, 0.29) is 19.0 Å². The molecule has 7 heteroatoms. The molecule has 0 aliphatic rings. The van der Waals surface area contributed by atoms with Crippen molar-refractivity contribution in [3.8, 4) is 22.6 Å². The molecule has 3 aromatic rings. The molecule has 0 saturated carbocycles. The number of ether oxygens (including phenoxy) is 1. The van der Waals surface area contributed by atoms with Gasteiger partial charge in [0.2, 0.25) is 0 Å². The Balaban J connectivity index is 1.77. The number of para-hydroxylation sites is 1. The predicted octanol–water partition coefficient (Wildman–Crippen LogP) is 3.65. The minimum Gasteiger partial charge on any atom is -0.457 e. The second-order valence-corrected chi connectivity index (χ2v) is 6.21. The van der Waals surface area contributed by atoms with Crippen molar-refractivity contribution in [2.45, 2.75) is 0 Å². The van der Waals surface area contributed by atoms with Crippen LogP contribution in [0, 0.1) is 0 Å². The number of hydroxylamine groups is 2. The fourth-order valence-electron chi connectivity index (χ4n) is 2.77. The Hall–Kier alpha value is -3.84. The smallest absolute Gasteiger partial charge is 0.338 e. The third-order valence-corrected chi connectivity index (χ3v) is 4.16. The molecule has 29 heavy (non-hydrogen) atoms. The summed E-state index contributed by atoms with van der Waals surface area (Å²) in [5.41, 5.74) is 6.97. The van der Waals surface area contributed by atoms with Crippen LogP contribution in [0.4, 0.5) is 4.79 Å². The summed E-state index contributed by atoms with van der Waals surface area (Å²) in [6.45, 7) is -0.0482. The lowest BCUT2D eigenvalue weighted by atomic mass is 9.99. The molecule has 0 saturated heterocycles. The van der Waals surface area contributed by atoms with Gasteiger partial charge >= 0.3 is 6.03 Å². The highest BCUT2D eigenvalue weighted by Crippen LogP contribution is 2.29. The van der Waals surface area contributed by atoms with Crippen molar-refractivity contribution >= 4 is 11.9 Å². The summed E-state index contributed by atoms with van der Waals surface area (Å²) in [5.74, 6) is 1.05. The molecule has 0 fully saturated rings. The molecule has 0 unspecified atom stereocenters. The standard InChI is InChI=1S/C22H21N3O4/c23-22(27)25(28)14-13-24-21(26)20-12-5-4-11-19(20)16-7-6-10-18(15-16)29-17-8-2-1-3-9-17/h1-12,15,28H,13-14H2,(H2,23,27)(H,24,26). The van der Waals surface area contributed by atoms with Gasteiger partial charge in [0, 0.05) is 12.1 Å². The van der Waals surface area contributed by atoms with Gasteiger partial charge in [-0.2, -0.15) is 0 Å². The molecular weight excluding hydrogens is 370 g/mol. The van der Waals surface area contributed by atoms with Crippen LogP contribution < -0.4 is 15.8 Å². The Morgan fingerprint density at radius 1 is 0.931 bits per heavy atom.